The lowest BCUT2D eigenvalue weighted by atomic mass is 9.90. The number of ether oxygens (including phenoxy) is 1. The highest BCUT2D eigenvalue weighted by Crippen LogP contribution is 2.28. The molecule has 2 N–H and O–H groups in total. The van der Waals surface area contributed by atoms with Gasteiger partial charge >= 0.3 is 12.0 Å². The summed E-state index contributed by atoms with van der Waals surface area (Å²) < 4.78 is 5.31. The molecule has 2 fully saturated rings. The highest BCUT2D eigenvalue weighted by atomic mass is 16.5. The van der Waals surface area contributed by atoms with Gasteiger partial charge in [-0.2, -0.15) is 0 Å². The van der Waals surface area contributed by atoms with E-state index in [4.69, 9.17) is 4.74 Å². The van der Waals surface area contributed by atoms with E-state index < -0.39 is 11.5 Å². The van der Waals surface area contributed by atoms with Crippen LogP contribution in [0.2, 0.25) is 0 Å². The van der Waals surface area contributed by atoms with Crippen LogP contribution in [0.4, 0.5) is 4.79 Å². The van der Waals surface area contributed by atoms with Gasteiger partial charge in [0.25, 0.3) is 0 Å². The molecule has 0 radical (unpaired) electrons. The van der Waals surface area contributed by atoms with Gasteiger partial charge in [-0.15, -0.1) is 0 Å². The number of hydrogen-bond donors (Lipinski definition) is 2. The van der Waals surface area contributed by atoms with Crippen molar-refractivity contribution in [2.75, 3.05) is 19.8 Å². The van der Waals surface area contributed by atoms with Gasteiger partial charge in [-0.25, -0.2) is 9.59 Å². The summed E-state index contributed by atoms with van der Waals surface area (Å²) in [5.41, 5.74) is -1.09. The molecular weight excluding hydrogens is 260 g/mol. The van der Waals surface area contributed by atoms with Crippen molar-refractivity contribution in [3.8, 4) is 0 Å². The van der Waals surface area contributed by atoms with Crippen LogP contribution in [0.3, 0.4) is 0 Å². The average Bonchev–Trinajstić information content (AvgIpc) is 2.65. The number of carbonyl (C=O) groups excluding carboxylic acids is 1. The number of rotatable bonds is 2. The molecule has 0 aromatic carbocycles. The van der Waals surface area contributed by atoms with Crippen LogP contribution < -0.4 is 5.32 Å². The topological polar surface area (TPSA) is 78.9 Å². The Balaban J connectivity index is 2.07. The van der Waals surface area contributed by atoms with Crippen molar-refractivity contribution in [2.45, 2.75) is 57.0 Å². The van der Waals surface area contributed by atoms with Crippen molar-refractivity contribution in [2.24, 2.45) is 0 Å². The van der Waals surface area contributed by atoms with Crippen LogP contribution in [0.5, 0.6) is 0 Å². The molecule has 6 heteroatoms. The zero-order valence-electron chi connectivity index (χ0n) is 12.1. The van der Waals surface area contributed by atoms with Crippen LogP contribution in [-0.2, 0) is 9.53 Å². The Morgan fingerprint density at radius 1 is 1.25 bits per heavy atom. The summed E-state index contributed by atoms with van der Waals surface area (Å²) in [6.45, 7) is 3.45. The fraction of sp³-hybridized carbons (Fsp3) is 0.857. The van der Waals surface area contributed by atoms with E-state index in [2.05, 4.69) is 5.32 Å². The maximum Gasteiger partial charge on any atom is 0.329 e. The number of nitrogens with one attached hydrogen (secondary N) is 1. The molecule has 114 valence electrons. The normalized spacial score (nSPS) is 26.6. The lowest BCUT2D eigenvalue weighted by Gasteiger charge is -2.37. The van der Waals surface area contributed by atoms with E-state index in [-0.39, 0.29) is 12.1 Å². The Morgan fingerprint density at radius 2 is 1.90 bits per heavy atom. The van der Waals surface area contributed by atoms with Gasteiger partial charge in [-0.05, 0) is 19.8 Å². The Bertz CT molecular complexity index is 364. The highest BCUT2D eigenvalue weighted by molar-refractivity contribution is 5.86. The molecule has 1 atom stereocenters. The van der Waals surface area contributed by atoms with Gasteiger partial charge in [-0.3, -0.25) is 0 Å². The summed E-state index contributed by atoms with van der Waals surface area (Å²) in [5.74, 6) is -0.909. The number of hydrogen-bond acceptors (Lipinski definition) is 3. The maximum atomic E-state index is 12.4. The van der Waals surface area contributed by atoms with Gasteiger partial charge in [0.1, 0.15) is 5.54 Å². The first-order valence-corrected chi connectivity index (χ1v) is 7.45. The SMILES string of the molecule is CC1COCCN1C(=O)NC1(C(=O)O)CCCCCC1. The molecule has 6 nitrogen and oxygen atoms in total. The molecule has 1 heterocycles. The third kappa shape index (κ3) is 3.23. The molecule has 2 rings (SSSR count). The molecule has 0 spiro atoms. The van der Waals surface area contributed by atoms with Gasteiger partial charge in [0.2, 0.25) is 0 Å². The molecule has 2 aliphatic rings. The van der Waals surface area contributed by atoms with E-state index in [1.165, 1.54) is 0 Å². The summed E-state index contributed by atoms with van der Waals surface area (Å²) >= 11 is 0. The molecule has 2 amide bonds. The third-order valence-electron chi connectivity index (χ3n) is 4.34. The minimum atomic E-state index is -1.09. The molecule has 0 aromatic heterocycles. The molecule has 1 saturated heterocycles. The number of nitrogens with zero attached hydrogens (tertiary/aromatic N) is 1. The first-order valence-electron chi connectivity index (χ1n) is 7.45. The smallest absolute Gasteiger partial charge is 0.329 e. The summed E-state index contributed by atoms with van der Waals surface area (Å²) in [6.07, 6.45) is 4.83. The summed E-state index contributed by atoms with van der Waals surface area (Å²) in [7, 11) is 0. The monoisotopic (exact) mass is 284 g/mol. The molecule has 1 saturated carbocycles. The predicted molar refractivity (Wildman–Crippen MR) is 73.6 cm³/mol. The van der Waals surface area contributed by atoms with E-state index >= 15 is 0 Å². The van der Waals surface area contributed by atoms with E-state index in [0.717, 1.165) is 25.7 Å². The average molecular weight is 284 g/mol. The predicted octanol–water partition coefficient (Wildman–Crippen LogP) is 1.59. The minimum Gasteiger partial charge on any atom is -0.480 e. The zero-order valence-corrected chi connectivity index (χ0v) is 12.1. The van der Waals surface area contributed by atoms with Crippen LogP contribution in [0, 0.1) is 0 Å². The van der Waals surface area contributed by atoms with Crippen molar-refractivity contribution in [1.29, 1.82) is 0 Å². The van der Waals surface area contributed by atoms with Gasteiger partial charge in [0.05, 0.1) is 19.3 Å². The molecule has 0 aromatic rings. The summed E-state index contributed by atoms with van der Waals surface area (Å²) in [4.78, 5) is 25.7. The number of carbonyl (C=O) groups is 2. The number of aliphatic carboxylic acids is 1. The van der Waals surface area contributed by atoms with Crippen molar-refractivity contribution < 1.29 is 19.4 Å². The van der Waals surface area contributed by atoms with Gasteiger partial charge in [0, 0.05) is 6.54 Å². The minimum absolute atomic E-state index is 0.0135. The van der Waals surface area contributed by atoms with Crippen LogP contribution in [-0.4, -0.2) is 53.3 Å². The van der Waals surface area contributed by atoms with Crippen LogP contribution >= 0.6 is 0 Å². The van der Waals surface area contributed by atoms with Crippen molar-refractivity contribution >= 4 is 12.0 Å². The fourth-order valence-electron chi connectivity index (χ4n) is 3.03. The number of carboxylic acids is 1. The van der Waals surface area contributed by atoms with E-state index in [0.29, 0.717) is 32.6 Å². The van der Waals surface area contributed by atoms with Crippen molar-refractivity contribution in [3.05, 3.63) is 0 Å². The molecule has 0 bridgehead atoms. The lowest BCUT2D eigenvalue weighted by Crippen LogP contribution is -2.60. The van der Waals surface area contributed by atoms with E-state index in [9.17, 15) is 14.7 Å². The fourth-order valence-corrected chi connectivity index (χ4v) is 3.03. The number of morpholine rings is 1. The first kappa shape index (κ1) is 15.1. The first-order chi connectivity index (χ1) is 9.55. The summed E-state index contributed by atoms with van der Waals surface area (Å²) in [5, 5.41) is 12.4. The quantitative estimate of drug-likeness (QED) is 0.755. The lowest BCUT2D eigenvalue weighted by molar-refractivity contribution is -0.145. The van der Waals surface area contributed by atoms with Crippen molar-refractivity contribution in [3.63, 3.8) is 0 Å². The Morgan fingerprint density at radius 3 is 2.45 bits per heavy atom. The van der Waals surface area contributed by atoms with Crippen LogP contribution in [0.1, 0.15) is 45.4 Å². The third-order valence-corrected chi connectivity index (χ3v) is 4.34. The second-order valence-electron chi connectivity index (χ2n) is 5.85. The molecular formula is C14H24N2O4. The van der Waals surface area contributed by atoms with Gasteiger partial charge in [-0.1, -0.05) is 25.7 Å². The standard InChI is InChI=1S/C14H24N2O4/c1-11-10-20-9-8-16(11)13(19)15-14(12(17)18)6-4-2-3-5-7-14/h11H,2-10H2,1H3,(H,15,19)(H,17,18). The number of carboxylic acid groups (broad SMARTS) is 1. The van der Waals surface area contributed by atoms with Crippen LogP contribution in [0.25, 0.3) is 0 Å². The molecule has 1 unspecified atom stereocenters. The molecule has 20 heavy (non-hydrogen) atoms. The molecule has 1 aliphatic heterocycles. The number of amides is 2. The maximum absolute atomic E-state index is 12.4. The Hall–Kier alpha value is -1.30. The second kappa shape index (κ2) is 6.43. The Labute approximate surface area is 119 Å². The van der Waals surface area contributed by atoms with Crippen molar-refractivity contribution in [1.82, 2.24) is 10.2 Å². The van der Waals surface area contributed by atoms with Gasteiger partial charge < -0.3 is 20.1 Å². The largest absolute Gasteiger partial charge is 0.480 e. The zero-order chi connectivity index (χ0) is 14.6. The second-order valence-corrected chi connectivity index (χ2v) is 5.85. The number of urea groups is 1. The van der Waals surface area contributed by atoms with E-state index in [1.807, 2.05) is 6.92 Å². The summed E-state index contributed by atoms with van der Waals surface area (Å²) in [6, 6.07) is -0.287. The highest BCUT2D eigenvalue weighted by Gasteiger charge is 2.41. The van der Waals surface area contributed by atoms with Crippen LogP contribution in [0.15, 0.2) is 0 Å². The molecule has 1 aliphatic carbocycles. The van der Waals surface area contributed by atoms with E-state index in [1.54, 1.807) is 4.90 Å². The Kier molecular flexibility index (Phi) is 4.86. The van der Waals surface area contributed by atoms with Gasteiger partial charge in [0.15, 0.2) is 0 Å².